The monoisotopic (exact) mass is 331 g/mol. The molecule has 0 radical (unpaired) electrons. The van der Waals surface area contributed by atoms with Gasteiger partial charge in [0.2, 0.25) is 5.95 Å². The molecule has 20 heavy (non-hydrogen) atoms. The highest BCUT2D eigenvalue weighted by molar-refractivity contribution is 9.10. The van der Waals surface area contributed by atoms with Crippen LogP contribution in [0.3, 0.4) is 0 Å². The summed E-state index contributed by atoms with van der Waals surface area (Å²) in [6.07, 6.45) is 0. The first-order valence-corrected chi connectivity index (χ1v) is 6.44. The lowest BCUT2D eigenvalue weighted by molar-refractivity contribution is 0.624. The van der Waals surface area contributed by atoms with E-state index in [2.05, 4.69) is 31.3 Å². The number of hydrogen-bond donors (Lipinski definition) is 1. The Labute approximate surface area is 121 Å². The normalized spacial score (nSPS) is 10.4. The van der Waals surface area contributed by atoms with Gasteiger partial charge in [0.15, 0.2) is 5.65 Å². The maximum absolute atomic E-state index is 13.5. The molecule has 0 fully saturated rings. The van der Waals surface area contributed by atoms with Crippen molar-refractivity contribution in [3.8, 4) is 6.07 Å². The minimum absolute atomic E-state index is 0.00116. The van der Waals surface area contributed by atoms with Crippen molar-refractivity contribution in [2.45, 2.75) is 0 Å². The lowest BCUT2D eigenvalue weighted by Gasteiger charge is -2.01. The quantitative estimate of drug-likeness (QED) is 0.732. The molecule has 0 unspecified atom stereocenters. The van der Waals surface area contributed by atoms with Crippen molar-refractivity contribution in [3.05, 3.63) is 52.4 Å². The van der Waals surface area contributed by atoms with Gasteiger partial charge in [0.25, 0.3) is 0 Å². The number of pyridine rings is 1. The van der Waals surface area contributed by atoms with Crippen LogP contribution in [-0.4, -0.2) is 14.6 Å². The minimum Gasteiger partial charge on any atom is -0.323 e. The molecule has 1 aromatic carbocycles. The number of nitrogens with one attached hydrogen (secondary N) is 1. The van der Waals surface area contributed by atoms with E-state index in [1.807, 2.05) is 18.2 Å². The van der Waals surface area contributed by atoms with Gasteiger partial charge in [0, 0.05) is 5.69 Å². The Morgan fingerprint density at radius 1 is 1.30 bits per heavy atom. The highest BCUT2D eigenvalue weighted by atomic mass is 79.9. The summed E-state index contributed by atoms with van der Waals surface area (Å²) in [5, 5.41) is 15.8. The van der Waals surface area contributed by atoms with E-state index < -0.39 is 5.82 Å². The van der Waals surface area contributed by atoms with Crippen molar-refractivity contribution < 1.29 is 4.39 Å². The summed E-state index contributed by atoms with van der Waals surface area (Å²) in [6.45, 7) is 0. The second-order valence-electron chi connectivity index (χ2n) is 3.99. The predicted molar refractivity (Wildman–Crippen MR) is 75.1 cm³/mol. The largest absolute Gasteiger partial charge is 0.323 e. The number of aromatic nitrogens is 3. The van der Waals surface area contributed by atoms with Crippen molar-refractivity contribution in [1.82, 2.24) is 14.6 Å². The Morgan fingerprint density at radius 3 is 2.85 bits per heavy atom. The van der Waals surface area contributed by atoms with Crippen LogP contribution in [0.1, 0.15) is 5.56 Å². The first-order valence-electron chi connectivity index (χ1n) is 5.65. The molecule has 3 aromatic rings. The van der Waals surface area contributed by atoms with Gasteiger partial charge in [-0.05, 0) is 46.3 Å². The van der Waals surface area contributed by atoms with Gasteiger partial charge in [-0.15, -0.1) is 5.10 Å². The van der Waals surface area contributed by atoms with E-state index in [1.165, 1.54) is 12.1 Å². The number of benzene rings is 1. The first kappa shape index (κ1) is 12.6. The molecule has 3 rings (SSSR count). The van der Waals surface area contributed by atoms with Gasteiger partial charge in [0.1, 0.15) is 16.5 Å². The summed E-state index contributed by atoms with van der Waals surface area (Å²) in [7, 11) is 0. The topological polar surface area (TPSA) is 66.0 Å². The summed E-state index contributed by atoms with van der Waals surface area (Å²) in [5.41, 5.74) is 1.14. The Morgan fingerprint density at radius 2 is 2.15 bits per heavy atom. The van der Waals surface area contributed by atoms with Crippen molar-refractivity contribution in [3.63, 3.8) is 0 Å². The second kappa shape index (κ2) is 4.90. The maximum Gasteiger partial charge on any atom is 0.247 e. The molecule has 7 heteroatoms. The molecule has 98 valence electrons. The SMILES string of the molecule is N#Cc1ccc(Nc2nc3cccc(Br)n3n2)cc1F. The molecule has 0 spiro atoms. The molecule has 0 bridgehead atoms. The summed E-state index contributed by atoms with van der Waals surface area (Å²) in [6, 6.07) is 11.5. The summed E-state index contributed by atoms with van der Waals surface area (Å²) in [4.78, 5) is 4.26. The van der Waals surface area contributed by atoms with Gasteiger partial charge in [0.05, 0.1) is 5.56 Å². The maximum atomic E-state index is 13.5. The Hall–Kier alpha value is -2.46. The van der Waals surface area contributed by atoms with E-state index in [0.717, 1.165) is 4.60 Å². The van der Waals surface area contributed by atoms with E-state index >= 15 is 0 Å². The number of nitrogens with zero attached hydrogens (tertiary/aromatic N) is 4. The highest BCUT2D eigenvalue weighted by Gasteiger charge is 2.07. The first-order chi connectivity index (χ1) is 9.67. The van der Waals surface area contributed by atoms with E-state index in [-0.39, 0.29) is 5.56 Å². The fourth-order valence-electron chi connectivity index (χ4n) is 1.74. The molecule has 0 aliphatic heterocycles. The number of anilines is 2. The minimum atomic E-state index is -0.581. The third kappa shape index (κ3) is 2.21. The molecule has 0 amide bonds. The number of hydrogen-bond acceptors (Lipinski definition) is 4. The van der Waals surface area contributed by atoms with Crippen LogP contribution in [0.15, 0.2) is 41.0 Å². The molecule has 2 aromatic heterocycles. The number of nitriles is 1. The van der Waals surface area contributed by atoms with Gasteiger partial charge < -0.3 is 5.32 Å². The average molecular weight is 332 g/mol. The molecular formula is C13H7BrFN5. The zero-order valence-corrected chi connectivity index (χ0v) is 11.6. The molecule has 0 saturated heterocycles. The van der Waals surface area contributed by atoms with Crippen molar-refractivity contribution in [1.29, 1.82) is 5.26 Å². The van der Waals surface area contributed by atoms with Crippen molar-refractivity contribution >= 4 is 33.2 Å². The van der Waals surface area contributed by atoms with Crippen molar-refractivity contribution in [2.24, 2.45) is 0 Å². The molecular weight excluding hydrogens is 325 g/mol. The van der Waals surface area contributed by atoms with Crippen LogP contribution < -0.4 is 5.32 Å². The summed E-state index contributed by atoms with van der Waals surface area (Å²) >= 11 is 3.36. The van der Waals surface area contributed by atoms with E-state index in [9.17, 15) is 4.39 Å². The second-order valence-corrected chi connectivity index (χ2v) is 4.80. The zero-order chi connectivity index (χ0) is 14.1. The molecule has 0 saturated carbocycles. The molecule has 0 atom stereocenters. The Bertz CT molecular complexity index is 836. The lowest BCUT2D eigenvalue weighted by atomic mass is 10.2. The number of fused-ring (bicyclic) bond motifs is 1. The fourth-order valence-corrected chi connectivity index (χ4v) is 2.15. The third-order valence-electron chi connectivity index (χ3n) is 2.66. The predicted octanol–water partition coefficient (Wildman–Crippen LogP) is 3.25. The van der Waals surface area contributed by atoms with Gasteiger partial charge in [-0.2, -0.15) is 10.2 Å². The summed E-state index contributed by atoms with van der Waals surface area (Å²) in [5.74, 6) is -0.233. The van der Waals surface area contributed by atoms with Crippen LogP contribution in [-0.2, 0) is 0 Å². The smallest absolute Gasteiger partial charge is 0.247 e. The Balaban J connectivity index is 1.95. The zero-order valence-electron chi connectivity index (χ0n) is 10.0. The van der Waals surface area contributed by atoms with E-state index in [1.54, 1.807) is 16.7 Å². The Kier molecular flexibility index (Phi) is 3.08. The van der Waals surface area contributed by atoms with Gasteiger partial charge in [-0.3, -0.25) is 0 Å². The van der Waals surface area contributed by atoms with Crippen LogP contribution in [0.5, 0.6) is 0 Å². The molecule has 5 nitrogen and oxygen atoms in total. The summed E-state index contributed by atoms with van der Waals surface area (Å²) < 4.78 is 15.9. The molecule has 2 heterocycles. The molecule has 1 N–H and O–H groups in total. The van der Waals surface area contributed by atoms with Crippen LogP contribution in [0, 0.1) is 17.1 Å². The van der Waals surface area contributed by atoms with Crippen LogP contribution in [0.2, 0.25) is 0 Å². The standard InChI is InChI=1S/C13H7BrFN5/c14-11-2-1-3-12-18-13(19-20(11)12)17-9-5-4-8(7-16)10(15)6-9/h1-6H,(H,17,19). The van der Waals surface area contributed by atoms with Gasteiger partial charge >= 0.3 is 0 Å². The van der Waals surface area contributed by atoms with E-state index in [4.69, 9.17) is 5.26 Å². The number of halogens is 2. The lowest BCUT2D eigenvalue weighted by Crippen LogP contribution is -1.95. The van der Waals surface area contributed by atoms with Crippen LogP contribution in [0.25, 0.3) is 5.65 Å². The van der Waals surface area contributed by atoms with Crippen LogP contribution >= 0.6 is 15.9 Å². The average Bonchev–Trinajstić information content (AvgIpc) is 2.83. The highest BCUT2D eigenvalue weighted by Crippen LogP contribution is 2.19. The number of rotatable bonds is 2. The third-order valence-corrected chi connectivity index (χ3v) is 3.26. The molecule has 0 aliphatic carbocycles. The van der Waals surface area contributed by atoms with Crippen molar-refractivity contribution in [2.75, 3.05) is 5.32 Å². The van der Waals surface area contributed by atoms with E-state index in [0.29, 0.717) is 17.3 Å². The van der Waals surface area contributed by atoms with Gasteiger partial charge in [-0.25, -0.2) is 8.91 Å². The fraction of sp³-hybridized carbons (Fsp3) is 0. The van der Waals surface area contributed by atoms with Crippen LogP contribution in [0.4, 0.5) is 16.0 Å². The molecule has 0 aliphatic rings. The van der Waals surface area contributed by atoms with Gasteiger partial charge in [-0.1, -0.05) is 6.07 Å².